The van der Waals surface area contributed by atoms with Gasteiger partial charge in [-0.1, -0.05) is 0 Å². The Kier molecular flexibility index (Phi) is 5.76. The van der Waals surface area contributed by atoms with Gasteiger partial charge in [-0.05, 0) is 40.0 Å². The van der Waals surface area contributed by atoms with Crippen LogP contribution in [0.2, 0.25) is 0 Å². The van der Waals surface area contributed by atoms with Crippen LogP contribution in [-0.4, -0.2) is 35.3 Å². The average molecular weight is 247 g/mol. The van der Waals surface area contributed by atoms with E-state index in [0.717, 1.165) is 0 Å². The Hall–Kier alpha value is -1.30. The molecule has 0 saturated carbocycles. The molecule has 0 bridgehead atoms. The van der Waals surface area contributed by atoms with E-state index in [1.807, 2.05) is 0 Å². The Bertz CT molecular complexity index is 300. The molecule has 0 aromatic heterocycles. The summed E-state index contributed by atoms with van der Waals surface area (Å²) in [5.41, 5.74) is 4.70. The number of carboxylic acids is 1. The van der Waals surface area contributed by atoms with Crippen LogP contribution in [-0.2, 0) is 9.53 Å². The van der Waals surface area contributed by atoms with Gasteiger partial charge in [-0.2, -0.15) is 0 Å². The van der Waals surface area contributed by atoms with Gasteiger partial charge in [-0.3, -0.25) is 4.79 Å². The van der Waals surface area contributed by atoms with E-state index < -0.39 is 23.7 Å². The second-order valence-electron chi connectivity index (χ2n) is 4.72. The molecule has 0 saturated heterocycles. The first kappa shape index (κ1) is 13.8. The van der Waals surface area contributed by atoms with Crippen molar-refractivity contribution in [3.05, 3.63) is 0 Å². The summed E-state index contributed by atoms with van der Waals surface area (Å²) < 4.78 is 12.3. The van der Waals surface area contributed by atoms with Gasteiger partial charge in [0.1, 0.15) is 11.6 Å². The van der Waals surface area contributed by atoms with Crippen LogP contribution in [0.4, 0.5) is 4.79 Å². The molecule has 1 amide bonds. The minimum Gasteiger partial charge on any atom is -0.480 e. The maximum Gasteiger partial charge on any atom is 0.407 e. The number of ether oxygens (including phenoxy) is 1. The van der Waals surface area contributed by atoms with E-state index in [1.54, 1.807) is 20.8 Å². The van der Waals surface area contributed by atoms with Crippen LogP contribution in [0.3, 0.4) is 0 Å². The number of amides is 1. The summed E-state index contributed by atoms with van der Waals surface area (Å²) in [4.78, 5) is 21.8. The third kappa shape index (κ3) is 9.62. The van der Waals surface area contributed by atoms with Crippen molar-refractivity contribution in [1.82, 2.24) is 5.32 Å². The van der Waals surface area contributed by atoms with Crippen LogP contribution < -0.4 is 11.1 Å². The largest absolute Gasteiger partial charge is 0.480 e. The Balaban J connectivity index is 3.70. The summed E-state index contributed by atoms with van der Waals surface area (Å²) in [6.07, 6.45) is 0.524. The van der Waals surface area contributed by atoms with Crippen molar-refractivity contribution >= 4 is 12.1 Å². The molecule has 0 aromatic rings. The number of aliphatic carboxylic acids is 1. The second-order valence-corrected chi connectivity index (χ2v) is 4.72. The first-order valence-corrected chi connectivity index (χ1v) is 5.54. The van der Waals surface area contributed by atoms with Gasteiger partial charge in [0.25, 0.3) is 0 Å². The van der Waals surface area contributed by atoms with E-state index in [0.29, 0.717) is 19.4 Å². The molecule has 4 N–H and O–H groups in total. The van der Waals surface area contributed by atoms with Gasteiger partial charge < -0.3 is 20.9 Å². The molecule has 6 nitrogen and oxygen atoms in total. The number of hydrogen-bond acceptors (Lipinski definition) is 4. The van der Waals surface area contributed by atoms with Crippen LogP contribution in [0.5, 0.6) is 0 Å². The highest BCUT2D eigenvalue weighted by atomic mass is 16.6. The minimum atomic E-state index is -1.95. The minimum absolute atomic E-state index is 0.0400. The predicted octanol–water partition coefficient (Wildman–Crippen LogP) is 1.09. The Morgan fingerprint density at radius 2 is 2.06 bits per heavy atom. The third-order valence-electron chi connectivity index (χ3n) is 1.82. The van der Waals surface area contributed by atoms with Gasteiger partial charge in [-0.15, -0.1) is 0 Å². The van der Waals surface area contributed by atoms with Crippen LogP contribution >= 0.6 is 0 Å². The van der Waals surface area contributed by atoms with Crippen molar-refractivity contribution in [2.45, 2.75) is 51.7 Å². The quantitative estimate of drug-likeness (QED) is 0.610. The lowest BCUT2D eigenvalue weighted by molar-refractivity contribution is -0.138. The molecule has 0 heterocycles. The molecule has 17 heavy (non-hydrogen) atoms. The van der Waals surface area contributed by atoms with Gasteiger partial charge in [-0.25, -0.2) is 4.79 Å². The lowest BCUT2D eigenvalue weighted by Crippen LogP contribution is -2.33. The topological polar surface area (TPSA) is 102 Å². The number of alkyl carbamates (subject to hydrolysis) is 1. The highest BCUT2D eigenvalue weighted by Crippen LogP contribution is 2.06. The van der Waals surface area contributed by atoms with E-state index in [4.69, 9.17) is 16.9 Å². The zero-order valence-electron chi connectivity index (χ0n) is 11.6. The van der Waals surface area contributed by atoms with E-state index >= 15 is 0 Å². The van der Waals surface area contributed by atoms with Crippen molar-refractivity contribution in [2.75, 3.05) is 6.54 Å². The van der Waals surface area contributed by atoms with Crippen molar-refractivity contribution in [3.63, 3.8) is 0 Å². The lowest BCUT2D eigenvalue weighted by Gasteiger charge is -2.19. The number of nitrogens with one attached hydrogen (secondary N) is 1. The van der Waals surface area contributed by atoms with Gasteiger partial charge in [0, 0.05) is 6.54 Å². The summed E-state index contributed by atoms with van der Waals surface area (Å²) in [7, 11) is 0. The predicted molar refractivity (Wildman–Crippen MR) is 63.7 cm³/mol. The molecule has 0 aliphatic heterocycles. The lowest BCUT2D eigenvalue weighted by atomic mass is 10.1. The highest BCUT2D eigenvalue weighted by Gasteiger charge is 2.15. The highest BCUT2D eigenvalue weighted by molar-refractivity contribution is 5.72. The van der Waals surface area contributed by atoms with Crippen molar-refractivity contribution < 1.29 is 20.8 Å². The molecular formula is C11H22N2O4. The monoisotopic (exact) mass is 247 g/mol. The first-order valence-electron chi connectivity index (χ1n) is 6.04. The molecular weight excluding hydrogens is 224 g/mol. The van der Waals surface area contributed by atoms with Crippen molar-refractivity contribution in [1.29, 1.82) is 0 Å². The standard InChI is InChI=1S/C11H22N2O4/c1-11(2,3)17-10(16)13-7-5-4-6-8(12)9(14)15/h8H,4-7,12H2,1-3H3,(H,13,16)(H,14,15)/i8D. The van der Waals surface area contributed by atoms with Crippen LogP contribution in [0.1, 0.15) is 41.4 Å². The summed E-state index contributed by atoms with van der Waals surface area (Å²) >= 11 is 0. The summed E-state index contributed by atoms with van der Waals surface area (Å²) in [6, 6.07) is -1.95. The van der Waals surface area contributed by atoms with E-state index in [9.17, 15) is 9.59 Å². The fraction of sp³-hybridized carbons (Fsp3) is 0.818. The maximum absolute atomic E-state index is 11.2. The van der Waals surface area contributed by atoms with Gasteiger partial charge in [0.2, 0.25) is 0 Å². The fourth-order valence-electron chi connectivity index (χ4n) is 1.05. The molecule has 1 unspecified atom stereocenters. The molecule has 0 rings (SSSR count). The first-order chi connectivity index (χ1) is 8.04. The molecule has 0 aromatic carbocycles. The van der Waals surface area contributed by atoms with Gasteiger partial charge >= 0.3 is 12.1 Å². The smallest absolute Gasteiger partial charge is 0.407 e. The number of unbranched alkanes of at least 4 members (excludes halogenated alkanes) is 1. The van der Waals surface area contributed by atoms with Crippen molar-refractivity contribution in [2.24, 2.45) is 5.73 Å². The molecule has 0 radical (unpaired) electrons. The number of carbonyl (C=O) groups is 2. The summed E-state index contributed by atoms with van der Waals surface area (Å²) in [5, 5.41) is 11.2. The van der Waals surface area contributed by atoms with Gasteiger partial charge in [0.05, 0.1) is 1.37 Å². The van der Waals surface area contributed by atoms with E-state index in [-0.39, 0.29) is 6.42 Å². The molecule has 0 aliphatic carbocycles. The van der Waals surface area contributed by atoms with Gasteiger partial charge in [0.15, 0.2) is 0 Å². The van der Waals surface area contributed by atoms with Crippen LogP contribution in [0.15, 0.2) is 0 Å². The summed E-state index contributed by atoms with van der Waals surface area (Å²) in [5.74, 6) is -1.34. The molecule has 0 aliphatic rings. The number of carboxylic acid groups (broad SMARTS) is 1. The number of nitrogens with two attached hydrogens (primary N) is 1. The molecule has 6 heteroatoms. The zero-order chi connectivity index (χ0) is 14.4. The molecule has 0 fully saturated rings. The Morgan fingerprint density at radius 1 is 1.47 bits per heavy atom. The average Bonchev–Trinajstić information content (AvgIpc) is 2.13. The number of carbonyl (C=O) groups excluding carboxylic acids is 1. The normalized spacial score (nSPS) is 15.6. The number of rotatable bonds is 6. The van der Waals surface area contributed by atoms with Crippen LogP contribution in [0.25, 0.3) is 0 Å². The molecule has 1 atom stereocenters. The van der Waals surface area contributed by atoms with Crippen molar-refractivity contribution in [3.8, 4) is 0 Å². The SMILES string of the molecule is [2H]C(N)(CCCCNC(=O)OC(C)(C)C)C(=O)O. The van der Waals surface area contributed by atoms with E-state index in [1.165, 1.54) is 0 Å². The second kappa shape index (κ2) is 7.11. The van der Waals surface area contributed by atoms with Crippen LogP contribution in [0, 0.1) is 0 Å². The maximum atomic E-state index is 11.2. The summed E-state index contributed by atoms with van der Waals surface area (Å²) in [6.45, 7) is 5.66. The van der Waals surface area contributed by atoms with E-state index in [2.05, 4.69) is 5.32 Å². The fourth-order valence-corrected chi connectivity index (χ4v) is 1.05. The Morgan fingerprint density at radius 3 is 2.53 bits per heavy atom. The molecule has 100 valence electrons. The number of hydrogen-bond donors (Lipinski definition) is 3. The third-order valence-corrected chi connectivity index (χ3v) is 1.82. The zero-order valence-corrected chi connectivity index (χ0v) is 10.6. The Labute approximate surface area is 103 Å². The molecule has 0 spiro atoms.